The number of nitrogens with zero attached hydrogens (tertiary/aromatic N) is 2. The molecule has 6 heteroatoms. The Labute approximate surface area is 130 Å². The van der Waals surface area contributed by atoms with E-state index in [0.717, 1.165) is 17.7 Å². The summed E-state index contributed by atoms with van der Waals surface area (Å²) in [4.78, 5) is 4.07. The van der Waals surface area contributed by atoms with Gasteiger partial charge < -0.3 is 0 Å². The topological polar surface area (TPSA) is 37.3 Å². The standard InChI is InChI=1S/C17H12F3N3/c18-17(19,20)13-6-7-15-14(10-13)16(8-9-21-15)23-22-11-12-4-2-1-3-5-12/h1-11H,(H,21,23)/b22-11+. The Morgan fingerprint density at radius 3 is 2.52 bits per heavy atom. The monoisotopic (exact) mass is 315 g/mol. The summed E-state index contributed by atoms with van der Waals surface area (Å²) in [5.41, 5.74) is 3.88. The number of hydrogen-bond donors (Lipinski definition) is 1. The van der Waals surface area contributed by atoms with Crippen LogP contribution in [-0.4, -0.2) is 11.2 Å². The Hall–Kier alpha value is -2.89. The highest BCUT2D eigenvalue weighted by Gasteiger charge is 2.30. The van der Waals surface area contributed by atoms with Crippen molar-refractivity contribution in [3.8, 4) is 0 Å². The minimum Gasteiger partial charge on any atom is -0.278 e. The van der Waals surface area contributed by atoms with Crippen LogP contribution >= 0.6 is 0 Å². The zero-order chi connectivity index (χ0) is 16.3. The summed E-state index contributed by atoms with van der Waals surface area (Å²) in [6.45, 7) is 0. The molecule has 3 nitrogen and oxygen atoms in total. The molecule has 0 saturated heterocycles. The molecular weight excluding hydrogens is 303 g/mol. The number of halogens is 3. The van der Waals surface area contributed by atoms with E-state index in [-0.39, 0.29) is 0 Å². The molecular formula is C17H12F3N3. The molecule has 1 heterocycles. The van der Waals surface area contributed by atoms with Crippen LogP contribution in [0.2, 0.25) is 0 Å². The van der Waals surface area contributed by atoms with Gasteiger partial charge in [-0.2, -0.15) is 18.3 Å². The molecule has 0 aliphatic heterocycles. The van der Waals surface area contributed by atoms with Crippen molar-refractivity contribution in [2.75, 3.05) is 5.43 Å². The largest absolute Gasteiger partial charge is 0.416 e. The Morgan fingerprint density at radius 2 is 1.78 bits per heavy atom. The molecule has 0 saturated carbocycles. The van der Waals surface area contributed by atoms with Crippen molar-refractivity contribution in [1.29, 1.82) is 0 Å². The molecule has 0 atom stereocenters. The fraction of sp³-hybridized carbons (Fsp3) is 0.0588. The van der Waals surface area contributed by atoms with Gasteiger partial charge in [-0.05, 0) is 29.8 Å². The lowest BCUT2D eigenvalue weighted by Gasteiger charge is -2.10. The van der Waals surface area contributed by atoms with Gasteiger partial charge in [-0.25, -0.2) is 0 Å². The minimum absolute atomic E-state index is 0.368. The summed E-state index contributed by atoms with van der Waals surface area (Å²) in [5.74, 6) is 0. The molecule has 2 aromatic carbocycles. The summed E-state index contributed by atoms with van der Waals surface area (Å²) >= 11 is 0. The lowest BCUT2D eigenvalue weighted by Crippen LogP contribution is -2.04. The zero-order valence-electron chi connectivity index (χ0n) is 11.9. The molecule has 0 radical (unpaired) electrons. The molecule has 1 N–H and O–H groups in total. The Morgan fingerprint density at radius 1 is 1.00 bits per heavy atom. The maximum absolute atomic E-state index is 12.9. The van der Waals surface area contributed by atoms with Crippen LogP contribution in [0.1, 0.15) is 11.1 Å². The van der Waals surface area contributed by atoms with E-state index in [1.807, 2.05) is 30.3 Å². The Balaban J connectivity index is 1.92. The smallest absolute Gasteiger partial charge is 0.278 e. The first-order valence-electron chi connectivity index (χ1n) is 6.84. The van der Waals surface area contributed by atoms with E-state index in [1.54, 1.807) is 12.3 Å². The molecule has 0 aliphatic carbocycles. The van der Waals surface area contributed by atoms with E-state index in [0.29, 0.717) is 16.6 Å². The van der Waals surface area contributed by atoms with Crippen LogP contribution in [0.3, 0.4) is 0 Å². The van der Waals surface area contributed by atoms with Crippen molar-refractivity contribution in [2.24, 2.45) is 5.10 Å². The number of rotatable bonds is 3. The van der Waals surface area contributed by atoms with Crippen LogP contribution in [0.15, 0.2) is 65.9 Å². The minimum atomic E-state index is -4.39. The van der Waals surface area contributed by atoms with Crippen LogP contribution in [0.5, 0.6) is 0 Å². The first kappa shape index (κ1) is 15.0. The van der Waals surface area contributed by atoms with Crippen molar-refractivity contribution < 1.29 is 13.2 Å². The van der Waals surface area contributed by atoms with Gasteiger partial charge in [-0.3, -0.25) is 10.4 Å². The second-order valence-electron chi connectivity index (χ2n) is 4.87. The molecule has 0 amide bonds. The third kappa shape index (κ3) is 3.48. The number of hydrazone groups is 1. The van der Waals surface area contributed by atoms with Crippen molar-refractivity contribution >= 4 is 22.8 Å². The molecule has 23 heavy (non-hydrogen) atoms. The number of nitrogens with one attached hydrogen (secondary N) is 1. The Bertz CT molecular complexity index is 843. The van der Waals surface area contributed by atoms with Gasteiger partial charge in [0.25, 0.3) is 0 Å². The molecule has 1 aromatic heterocycles. The van der Waals surface area contributed by atoms with Gasteiger partial charge in [0.05, 0.1) is 23.0 Å². The highest BCUT2D eigenvalue weighted by Crippen LogP contribution is 2.33. The molecule has 0 bridgehead atoms. The van der Waals surface area contributed by atoms with E-state index in [1.165, 1.54) is 12.3 Å². The summed E-state index contributed by atoms with van der Waals surface area (Å²) < 4.78 is 38.6. The van der Waals surface area contributed by atoms with Crippen LogP contribution in [0.25, 0.3) is 10.9 Å². The number of hydrogen-bond acceptors (Lipinski definition) is 3. The van der Waals surface area contributed by atoms with Gasteiger partial charge in [-0.15, -0.1) is 0 Å². The molecule has 116 valence electrons. The van der Waals surface area contributed by atoms with Crippen LogP contribution < -0.4 is 5.43 Å². The zero-order valence-corrected chi connectivity index (χ0v) is 11.9. The average Bonchev–Trinajstić information content (AvgIpc) is 2.55. The lowest BCUT2D eigenvalue weighted by atomic mass is 10.1. The summed E-state index contributed by atoms with van der Waals surface area (Å²) in [6, 6.07) is 14.4. The van der Waals surface area contributed by atoms with Gasteiger partial charge in [0.15, 0.2) is 0 Å². The van der Waals surface area contributed by atoms with E-state index in [4.69, 9.17) is 0 Å². The first-order valence-corrected chi connectivity index (χ1v) is 6.84. The third-order valence-corrected chi connectivity index (χ3v) is 3.27. The molecule has 0 unspecified atom stereocenters. The van der Waals surface area contributed by atoms with E-state index in [9.17, 15) is 13.2 Å². The van der Waals surface area contributed by atoms with E-state index in [2.05, 4.69) is 15.5 Å². The quantitative estimate of drug-likeness (QED) is 0.562. The van der Waals surface area contributed by atoms with Crippen LogP contribution in [-0.2, 0) is 6.18 Å². The number of aromatic nitrogens is 1. The van der Waals surface area contributed by atoms with Crippen LogP contribution in [0.4, 0.5) is 18.9 Å². The summed E-state index contributed by atoms with van der Waals surface area (Å²) in [5, 5.41) is 4.44. The number of pyridine rings is 1. The molecule has 0 fully saturated rings. The number of benzene rings is 2. The first-order chi connectivity index (χ1) is 11.0. The molecule has 0 aliphatic rings. The summed E-state index contributed by atoms with van der Waals surface area (Å²) in [6.07, 6.45) is -1.27. The van der Waals surface area contributed by atoms with Gasteiger partial charge in [0, 0.05) is 11.6 Å². The average molecular weight is 315 g/mol. The summed E-state index contributed by atoms with van der Waals surface area (Å²) in [7, 11) is 0. The Kier molecular flexibility index (Phi) is 3.97. The van der Waals surface area contributed by atoms with E-state index >= 15 is 0 Å². The van der Waals surface area contributed by atoms with Crippen molar-refractivity contribution in [1.82, 2.24) is 4.98 Å². The SMILES string of the molecule is FC(F)(F)c1ccc2nccc(N/N=C/c3ccccc3)c2c1. The van der Waals surface area contributed by atoms with Gasteiger partial charge in [-0.1, -0.05) is 30.3 Å². The predicted molar refractivity (Wildman–Crippen MR) is 84.4 cm³/mol. The van der Waals surface area contributed by atoms with E-state index < -0.39 is 11.7 Å². The molecule has 0 spiro atoms. The van der Waals surface area contributed by atoms with Gasteiger partial charge >= 0.3 is 6.18 Å². The fourth-order valence-corrected chi connectivity index (χ4v) is 2.14. The van der Waals surface area contributed by atoms with Gasteiger partial charge in [0.2, 0.25) is 0 Å². The van der Waals surface area contributed by atoms with Crippen LogP contribution in [0, 0.1) is 0 Å². The highest BCUT2D eigenvalue weighted by atomic mass is 19.4. The second-order valence-corrected chi connectivity index (χ2v) is 4.87. The fourth-order valence-electron chi connectivity index (χ4n) is 2.14. The molecule has 3 rings (SSSR count). The van der Waals surface area contributed by atoms with Gasteiger partial charge in [0.1, 0.15) is 0 Å². The second kappa shape index (κ2) is 6.08. The number of anilines is 1. The number of alkyl halides is 3. The highest BCUT2D eigenvalue weighted by molar-refractivity contribution is 5.92. The third-order valence-electron chi connectivity index (χ3n) is 3.27. The normalized spacial score (nSPS) is 12.0. The van der Waals surface area contributed by atoms with Crippen molar-refractivity contribution in [2.45, 2.75) is 6.18 Å². The lowest BCUT2D eigenvalue weighted by molar-refractivity contribution is -0.137. The van der Waals surface area contributed by atoms with Crippen molar-refractivity contribution in [3.63, 3.8) is 0 Å². The number of fused-ring (bicyclic) bond motifs is 1. The maximum atomic E-state index is 12.9. The molecule has 3 aromatic rings. The predicted octanol–water partition coefficient (Wildman–Crippen LogP) is 4.70. The maximum Gasteiger partial charge on any atom is 0.416 e. The van der Waals surface area contributed by atoms with Crippen molar-refractivity contribution in [3.05, 3.63) is 71.9 Å².